The summed E-state index contributed by atoms with van der Waals surface area (Å²) in [7, 11) is 0. The number of hydrogen-bond donors (Lipinski definition) is 1. The van der Waals surface area contributed by atoms with Gasteiger partial charge in [-0.1, -0.05) is 42.4 Å². The molecule has 25 heavy (non-hydrogen) atoms. The van der Waals surface area contributed by atoms with Gasteiger partial charge >= 0.3 is 0 Å². The van der Waals surface area contributed by atoms with Crippen molar-refractivity contribution < 1.29 is 9.32 Å². The summed E-state index contributed by atoms with van der Waals surface area (Å²) in [5.74, 6) is 1.11. The fourth-order valence-electron chi connectivity index (χ4n) is 2.61. The minimum atomic E-state index is -0.300. The molecule has 7 nitrogen and oxygen atoms in total. The molecule has 1 aromatic carbocycles. The summed E-state index contributed by atoms with van der Waals surface area (Å²) in [4.78, 5) is 16.6. The Kier molecular flexibility index (Phi) is 5.56. The van der Waals surface area contributed by atoms with E-state index in [0.29, 0.717) is 37.5 Å². The first kappa shape index (κ1) is 16.9. The van der Waals surface area contributed by atoms with E-state index in [0.717, 1.165) is 5.56 Å². The molecule has 3 rings (SSSR count). The zero-order valence-corrected chi connectivity index (χ0v) is 14.1. The molecule has 130 valence electrons. The summed E-state index contributed by atoms with van der Waals surface area (Å²) in [5.41, 5.74) is 1.13. The lowest BCUT2D eigenvalue weighted by molar-refractivity contribution is -0.124. The van der Waals surface area contributed by atoms with Gasteiger partial charge in [0.05, 0.1) is 0 Å². The highest BCUT2D eigenvalue weighted by atomic mass is 16.5. The van der Waals surface area contributed by atoms with Crippen LogP contribution in [0.25, 0.3) is 0 Å². The third kappa shape index (κ3) is 4.53. The van der Waals surface area contributed by atoms with Gasteiger partial charge in [-0.2, -0.15) is 10.1 Å². The normalized spacial score (nSPS) is 12.0. The molecule has 1 amide bonds. The van der Waals surface area contributed by atoms with Gasteiger partial charge in [0.15, 0.2) is 5.82 Å². The van der Waals surface area contributed by atoms with Crippen molar-refractivity contribution in [3.63, 3.8) is 0 Å². The zero-order valence-electron chi connectivity index (χ0n) is 14.1. The summed E-state index contributed by atoms with van der Waals surface area (Å²) in [6, 6.07) is 11.5. The highest BCUT2D eigenvalue weighted by molar-refractivity contribution is 5.80. The smallest absolute Gasteiger partial charge is 0.244 e. The molecule has 0 bridgehead atoms. The summed E-state index contributed by atoms with van der Waals surface area (Å²) >= 11 is 0. The Morgan fingerprint density at radius 3 is 2.84 bits per heavy atom. The van der Waals surface area contributed by atoms with Crippen molar-refractivity contribution in [3.05, 3.63) is 66.1 Å². The van der Waals surface area contributed by atoms with E-state index in [-0.39, 0.29) is 11.9 Å². The van der Waals surface area contributed by atoms with Crippen LogP contribution in [-0.2, 0) is 17.6 Å². The molecule has 2 heterocycles. The molecule has 7 heteroatoms. The number of carbonyl (C=O) groups excluding carboxylic acids is 1. The number of aromatic nitrogens is 4. The summed E-state index contributed by atoms with van der Waals surface area (Å²) in [5, 5.41) is 11.0. The molecule has 2 aromatic heterocycles. The SMILES string of the molecule is CC[C@@H](C(=O)NCCc1nc(Cc2ccccc2)no1)n1cccn1. The molecule has 1 N–H and O–H groups in total. The van der Waals surface area contributed by atoms with E-state index in [9.17, 15) is 4.79 Å². The Balaban J connectivity index is 1.48. The van der Waals surface area contributed by atoms with Crippen molar-refractivity contribution in [2.75, 3.05) is 6.54 Å². The minimum absolute atomic E-state index is 0.0600. The number of carbonyl (C=O) groups is 1. The number of amides is 1. The van der Waals surface area contributed by atoms with Crippen molar-refractivity contribution in [1.29, 1.82) is 0 Å². The maximum atomic E-state index is 12.3. The van der Waals surface area contributed by atoms with Crippen LogP contribution in [0, 0.1) is 0 Å². The molecule has 0 saturated carbocycles. The molecule has 0 unspecified atom stereocenters. The first-order valence-corrected chi connectivity index (χ1v) is 8.38. The van der Waals surface area contributed by atoms with Crippen molar-refractivity contribution in [3.8, 4) is 0 Å². The van der Waals surface area contributed by atoms with Crippen molar-refractivity contribution in [2.45, 2.75) is 32.2 Å². The third-order valence-corrected chi connectivity index (χ3v) is 3.89. The molecule has 0 aliphatic carbocycles. The lowest BCUT2D eigenvalue weighted by Crippen LogP contribution is -2.33. The van der Waals surface area contributed by atoms with Crippen LogP contribution < -0.4 is 5.32 Å². The fraction of sp³-hybridized carbons (Fsp3) is 0.333. The Morgan fingerprint density at radius 2 is 2.12 bits per heavy atom. The molecule has 0 radical (unpaired) electrons. The van der Waals surface area contributed by atoms with E-state index in [1.165, 1.54) is 0 Å². The monoisotopic (exact) mass is 339 g/mol. The predicted molar refractivity (Wildman–Crippen MR) is 91.8 cm³/mol. The quantitative estimate of drug-likeness (QED) is 0.680. The second-order valence-electron chi connectivity index (χ2n) is 5.72. The van der Waals surface area contributed by atoms with Gasteiger partial charge in [0.1, 0.15) is 6.04 Å². The Hall–Kier alpha value is -2.96. The maximum Gasteiger partial charge on any atom is 0.244 e. The topological polar surface area (TPSA) is 85.8 Å². The lowest BCUT2D eigenvalue weighted by Gasteiger charge is -2.14. The summed E-state index contributed by atoms with van der Waals surface area (Å²) < 4.78 is 6.91. The molecule has 0 saturated heterocycles. The molecular formula is C18H21N5O2. The van der Waals surface area contributed by atoms with Crippen molar-refractivity contribution in [2.24, 2.45) is 0 Å². The summed E-state index contributed by atoms with van der Waals surface area (Å²) in [6.45, 7) is 2.41. The highest BCUT2D eigenvalue weighted by Crippen LogP contribution is 2.10. The van der Waals surface area contributed by atoms with Gasteiger partial charge in [-0.15, -0.1) is 0 Å². The Morgan fingerprint density at radius 1 is 1.28 bits per heavy atom. The first-order valence-electron chi connectivity index (χ1n) is 8.38. The van der Waals surface area contributed by atoms with Crippen molar-refractivity contribution in [1.82, 2.24) is 25.2 Å². The summed E-state index contributed by atoms with van der Waals surface area (Å²) in [6.07, 6.45) is 5.27. The van der Waals surface area contributed by atoms with Crippen LogP contribution in [-0.4, -0.2) is 32.4 Å². The zero-order chi connectivity index (χ0) is 17.5. The van der Waals surface area contributed by atoms with Crippen LogP contribution in [0.2, 0.25) is 0 Å². The molecule has 0 spiro atoms. The van der Waals surface area contributed by atoms with Crippen LogP contribution in [0.1, 0.15) is 36.7 Å². The highest BCUT2D eigenvalue weighted by Gasteiger charge is 2.18. The predicted octanol–water partition coefficient (Wildman–Crippen LogP) is 2.17. The second-order valence-corrected chi connectivity index (χ2v) is 5.72. The molecule has 0 aliphatic rings. The molecule has 0 fully saturated rings. The van der Waals surface area contributed by atoms with E-state index >= 15 is 0 Å². The van der Waals surface area contributed by atoms with E-state index < -0.39 is 0 Å². The number of nitrogens with one attached hydrogen (secondary N) is 1. The van der Waals surface area contributed by atoms with Gasteiger partial charge in [-0.25, -0.2) is 0 Å². The van der Waals surface area contributed by atoms with E-state index in [2.05, 4.69) is 20.6 Å². The average Bonchev–Trinajstić information content (AvgIpc) is 3.29. The maximum absolute atomic E-state index is 12.3. The number of benzene rings is 1. The van der Waals surface area contributed by atoms with Crippen LogP contribution >= 0.6 is 0 Å². The molecule has 1 atom stereocenters. The van der Waals surface area contributed by atoms with Gasteiger partial charge in [0, 0.05) is 31.8 Å². The van der Waals surface area contributed by atoms with Crippen LogP contribution in [0.5, 0.6) is 0 Å². The molecular weight excluding hydrogens is 318 g/mol. The Labute approximate surface area is 146 Å². The van der Waals surface area contributed by atoms with Crippen LogP contribution in [0.15, 0.2) is 53.3 Å². The average molecular weight is 339 g/mol. The second kappa shape index (κ2) is 8.23. The number of hydrogen-bond acceptors (Lipinski definition) is 5. The number of rotatable bonds is 8. The first-order chi connectivity index (χ1) is 12.3. The van der Waals surface area contributed by atoms with Gasteiger partial charge in [-0.3, -0.25) is 9.48 Å². The van der Waals surface area contributed by atoms with Gasteiger partial charge in [0.25, 0.3) is 0 Å². The Bertz CT molecular complexity index is 783. The standard InChI is InChI=1S/C18H21N5O2/c1-2-15(23-12-6-10-20-23)18(24)19-11-9-17-21-16(22-25-17)13-14-7-4-3-5-8-14/h3-8,10,12,15H,2,9,11,13H2,1H3,(H,19,24)/t15-/m0/s1. The number of nitrogens with zero attached hydrogens (tertiary/aromatic N) is 4. The van der Waals surface area contributed by atoms with Crippen molar-refractivity contribution >= 4 is 5.91 Å². The largest absolute Gasteiger partial charge is 0.354 e. The van der Waals surface area contributed by atoms with Crippen LogP contribution in [0.4, 0.5) is 0 Å². The van der Waals surface area contributed by atoms with E-state index in [4.69, 9.17) is 4.52 Å². The fourth-order valence-corrected chi connectivity index (χ4v) is 2.61. The molecule has 0 aliphatic heterocycles. The van der Waals surface area contributed by atoms with Gasteiger partial charge < -0.3 is 9.84 Å². The van der Waals surface area contributed by atoms with Crippen LogP contribution in [0.3, 0.4) is 0 Å². The van der Waals surface area contributed by atoms with Gasteiger partial charge in [-0.05, 0) is 18.1 Å². The molecule has 3 aromatic rings. The van der Waals surface area contributed by atoms with Gasteiger partial charge in [0.2, 0.25) is 11.8 Å². The van der Waals surface area contributed by atoms with E-state index in [1.807, 2.05) is 43.3 Å². The lowest BCUT2D eigenvalue weighted by atomic mass is 10.1. The minimum Gasteiger partial charge on any atom is -0.354 e. The third-order valence-electron chi connectivity index (χ3n) is 3.89. The van der Waals surface area contributed by atoms with E-state index in [1.54, 1.807) is 17.1 Å².